The van der Waals surface area contributed by atoms with Crippen molar-refractivity contribution in [3.05, 3.63) is 115 Å². The van der Waals surface area contributed by atoms with Gasteiger partial charge >= 0.3 is 0 Å². The van der Waals surface area contributed by atoms with Crippen molar-refractivity contribution < 1.29 is 0 Å². The molecule has 0 unspecified atom stereocenters. The molecule has 0 N–H and O–H groups in total. The second kappa shape index (κ2) is 7.71. The maximum Gasteiger partial charge on any atom is 0.0831 e. The number of para-hydroxylation sites is 4. The lowest BCUT2D eigenvalue weighted by Crippen LogP contribution is -2.42. The van der Waals surface area contributed by atoms with Gasteiger partial charge in [0.25, 0.3) is 0 Å². The van der Waals surface area contributed by atoms with Gasteiger partial charge in [-0.05, 0) is 41.6 Å². The molecule has 174 valence electrons. The van der Waals surface area contributed by atoms with E-state index in [1.54, 1.807) is 0 Å². The summed E-state index contributed by atoms with van der Waals surface area (Å²) < 4.78 is 4.99. The van der Waals surface area contributed by atoms with E-state index in [1.807, 2.05) is 0 Å². The van der Waals surface area contributed by atoms with E-state index in [4.69, 9.17) is 0 Å². The van der Waals surface area contributed by atoms with Gasteiger partial charge in [-0.2, -0.15) is 0 Å². The Morgan fingerprint density at radius 1 is 0.389 bits per heavy atom. The highest BCUT2D eigenvalue weighted by molar-refractivity contribution is 6.90. The predicted octanol–water partition coefficient (Wildman–Crippen LogP) is 8.43. The zero-order valence-corrected chi connectivity index (χ0v) is 21.9. The highest BCUT2D eigenvalue weighted by Gasteiger charge is 2.28. The molecule has 36 heavy (non-hydrogen) atoms. The first-order valence-electron chi connectivity index (χ1n) is 12.6. The van der Waals surface area contributed by atoms with Crippen molar-refractivity contribution in [1.82, 2.24) is 9.13 Å². The van der Waals surface area contributed by atoms with Gasteiger partial charge in [-0.15, -0.1) is 0 Å². The monoisotopic (exact) mass is 480 g/mol. The van der Waals surface area contributed by atoms with Crippen LogP contribution in [0.2, 0.25) is 19.6 Å². The molecule has 7 aromatic rings. The third-order valence-electron chi connectivity index (χ3n) is 7.41. The fraction of sp³-hybridized carbons (Fsp3) is 0.0909. The average molecular weight is 481 g/mol. The van der Waals surface area contributed by atoms with Crippen LogP contribution in [-0.2, 0) is 0 Å². The summed E-state index contributed by atoms with van der Waals surface area (Å²) in [6, 6.07) is 42.1. The molecule has 0 spiro atoms. The first kappa shape index (κ1) is 21.2. The van der Waals surface area contributed by atoms with Crippen LogP contribution in [0.15, 0.2) is 115 Å². The normalized spacial score (nSPS) is 12.3. The van der Waals surface area contributed by atoms with Crippen LogP contribution in [0.5, 0.6) is 0 Å². The highest BCUT2D eigenvalue weighted by atomic mass is 28.3. The minimum Gasteiger partial charge on any atom is -0.309 e. The lowest BCUT2D eigenvalue weighted by molar-refractivity contribution is 1.15. The van der Waals surface area contributed by atoms with Gasteiger partial charge in [0.1, 0.15) is 0 Å². The molecule has 0 aliphatic carbocycles. The van der Waals surface area contributed by atoms with Crippen molar-refractivity contribution in [2.75, 3.05) is 0 Å². The molecule has 0 fully saturated rings. The Morgan fingerprint density at radius 2 is 0.694 bits per heavy atom. The Labute approximate surface area is 212 Å². The van der Waals surface area contributed by atoms with E-state index >= 15 is 0 Å². The number of benzene rings is 5. The number of nitrogens with zero attached hydrogens (tertiary/aromatic N) is 2. The van der Waals surface area contributed by atoms with Gasteiger partial charge in [-0.25, -0.2) is 0 Å². The summed E-state index contributed by atoms with van der Waals surface area (Å²) in [7, 11) is -1.83. The summed E-state index contributed by atoms with van der Waals surface area (Å²) >= 11 is 0. The standard InChI is InChI=1S/C33H28N2Si/c1-36(2,3)33-31(34-27-17-8-4-13-23(27)24-14-5-9-18-28(24)34)21-12-22-32(33)35-29-19-10-6-15-25(29)26-16-7-11-20-30(26)35/h4-22H,1-3H3. The molecule has 2 heterocycles. The van der Waals surface area contributed by atoms with Gasteiger partial charge in [-0.3, -0.25) is 0 Å². The zero-order chi connectivity index (χ0) is 24.4. The number of fused-ring (bicyclic) bond motifs is 6. The molecule has 5 aromatic carbocycles. The van der Waals surface area contributed by atoms with Gasteiger partial charge < -0.3 is 9.13 Å². The van der Waals surface area contributed by atoms with Crippen LogP contribution in [0.3, 0.4) is 0 Å². The fourth-order valence-corrected chi connectivity index (χ4v) is 7.96. The molecule has 3 heteroatoms. The molecule has 0 atom stereocenters. The van der Waals surface area contributed by atoms with E-state index < -0.39 is 8.07 Å². The molecular formula is C33H28N2Si. The first-order valence-corrected chi connectivity index (χ1v) is 16.1. The molecule has 2 aromatic heterocycles. The van der Waals surface area contributed by atoms with Crippen molar-refractivity contribution in [2.24, 2.45) is 0 Å². The third kappa shape index (κ3) is 2.96. The number of rotatable bonds is 3. The molecule has 2 nitrogen and oxygen atoms in total. The minimum atomic E-state index is -1.83. The van der Waals surface area contributed by atoms with Crippen LogP contribution in [0.25, 0.3) is 55.0 Å². The summed E-state index contributed by atoms with van der Waals surface area (Å²) in [5.74, 6) is 0. The van der Waals surface area contributed by atoms with E-state index in [1.165, 1.54) is 60.2 Å². The van der Waals surface area contributed by atoms with Crippen LogP contribution in [0.1, 0.15) is 0 Å². The maximum absolute atomic E-state index is 2.50. The Kier molecular flexibility index (Phi) is 4.54. The molecule has 0 bridgehead atoms. The topological polar surface area (TPSA) is 9.86 Å². The molecule has 0 saturated carbocycles. The second-order valence-corrected chi connectivity index (χ2v) is 15.7. The van der Waals surface area contributed by atoms with Crippen LogP contribution in [0, 0.1) is 0 Å². The van der Waals surface area contributed by atoms with E-state index in [2.05, 4.69) is 144 Å². The van der Waals surface area contributed by atoms with Crippen molar-refractivity contribution in [1.29, 1.82) is 0 Å². The van der Waals surface area contributed by atoms with Gasteiger partial charge in [0.15, 0.2) is 0 Å². The first-order chi connectivity index (χ1) is 17.5. The molecule has 0 saturated heterocycles. The minimum absolute atomic E-state index is 1.26. The SMILES string of the molecule is C[Si](C)(C)c1c(-n2c3ccccc3c3ccccc32)cccc1-n1c2ccccc2c2ccccc21. The van der Waals surface area contributed by atoms with Crippen LogP contribution >= 0.6 is 0 Å². The van der Waals surface area contributed by atoms with E-state index in [0.717, 1.165) is 0 Å². The Bertz CT molecular complexity index is 1690. The Hall–Kier alpha value is -4.08. The second-order valence-electron chi connectivity index (χ2n) is 10.7. The number of aromatic nitrogens is 2. The largest absolute Gasteiger partial charge is 0.309 e. The van der Waals surface area contributed by atoms with Crippen LogP contribution < -0.4 is 5.19 Å². The van der Waals surface area contributed by atoms with Crippen LogP contribution in [-0.4, -0.2) is 17.2 Å². The van der Waals surface area contributed by atoms with Crippen molar-refractivity contribution in [3.8, 4) is 11.4 Å². The fourth-order valence-electron chi connectivity index (χ4n) is 6.03. The summed E-state index contributed by atoms with van der Waals surface area (Å²) in [6.45, 7) is 7.41. The molecule has 0 aliphatic rings. The van der Waals surface area contributed by atoms with Crippen LogP contribution in [0.4, 0.5) is 0 Å². The smallest absolute Gasteiger partial charge is 0.0831 e. The van der Waals surface area contributed by atoms with Gasteiger partial charge in [0.2, 0.25) is 0 Å². The van der Waals surface area contributed by atoms with Gasteiger partial charge in [-0.1, -0.05) is 98.5 Å². The molecule has 0 radical (unpaired) electrons. The Balaban J connectivity index is 1.66. The summed E-state index contributed by atoms with van der Waals surface area (Å²) in [4.78, 5) is 0. The maximum atomic E-state index is 2.50. The third-order valence-corrected chi connectivity index (χ3v) is 9.42. The van der Waals surface area contributed by atoms with Gasteiger partial charge in [0.05, 0.1) is 30.1 Å². The predicted molar refractivity (Wildman–Crippen MR) is 158 cm³/mol. The summed E-state index contributed by atoms with van der Waals surface area (Å²) in [5, 5.41) is 6.69. The zero-order valence-electron chi connectivity index (χ0n) is 20.9. The van der Waals surface area contributed by atoms with Crippen molar-refractivity contribution in [3.63, 3.8) is 0 Å². The molecule has 7 rings (SSSR count). The van der Waals surface area contributed by atoms with Gasteiger partial charge in [0, 0.05) is 32.9 Å². The van der Waals surface area contributed by atoms with E-state index in [-0.39, 0.29) is 0 Å². The molecular weight excluding hydrogens is 452 g/mol. The molecule has 0 aliphatic heterocycles. The van der Waals surface area contributed by atoms with E-state index in [0.29, 0.717) is 0 Å². The highest BCUT2D eigenvalue weighted by Crippen LogP contribution is 2.35. The average Bonchev–Trinajstić information content (AvgIpc) is 3.41. The molecule has 0 amide bonds. The Morgan fingerprint density at radius 3 is 1.00 bits per heavy atom. The lowest BCUT2D eigenvalue weighted by Gasteiger charge is -2.27. The quantitative estimate of drug-likeness (QED) is 0.225. The summed E-state index contributed by atoms with van der Waals surface area (Å²) in [6.07, 6.45) is 0. The number of hydrogen-bond donors (Lipinski definition) is 0. The number of hydrogen-bond acceptors (Lipinski definition) is 0. The van der Waals surface area contributed by atoms with E-state index in [9.17, 15) is 0 Å². The van der Waals surface area contributed by atoms with Crippen molar-refractivity contribution in [2.45, 2.75) is 19.6 Å². The van der Waals surface area contributed by atoms with Crippen molar-refractivity contribution >= 4 is 56.9 Å². The lowest BCUT2D eigenvalue weighted by atomic mass is 10.2. The summed E-state index contributed by atoms with van der Waals surface area (Å²) in [5.41, 5.74) is 7.64.